The van der Waals surface area contributed by atoms with E-state index in [9.17, 15) is 14.3 Å². The normalized spacial score (nSPS) is 16.8. The zero-order valence-corrected chi connectivity index (χ0v) is 13.9. The Hall–Kier alpha value is -3.22. The van der Waals surface area contributed by atoms with Gasteiger partial charge in [-0.15, -0.1) is 15.0 Å². The minimum Gasteiger partial charge on any atom is -0.476 e. The molecular weight excluding hydrogens is 335 g/mol. The molecule has 1 aliphatic rings. The van der Waals surface area contributed by atoms with Gasteiger partial charge in [0.25, 0.3) is 0 Å². The Morgan fingerprint density at radius 1 is 1.08 bits per heavy atom. The molecule has 1 aliphatic heterocycles. The van der Waals surface area contributed by atoms with E-state index in [1.807, 2.05) is 23.1 Å². The van der Waals surface area contributed by atoms with Gasteiger partial charge in [-0.3, -0.25) is 0 Å². The van der Waals surface area contributed by atoms with E-state index in [4.69, 9.17) is 0 Å². The van der Waals surface area contributed by atoms with Crippen LogP contribution >= 0.6 is 0 Å². The molecule has 6 nitrogen and oxygen atoms in total. The number of halogens is 1. The third-order valence-electron chi connectivity index (χ3n) is 4.63. The summed E-state index contributed by atoms with van der Waals surface area (Å²) in [7, 11) is 0. The molecule has 0 unspecified atom stereocenters. The SMILES string of the molecule is O=C(O)c1nn(-c2ccccc2F)nc1N1CC[C@@H](c2ccccc2)C1. The molecule has 3 aromatic rings. The van der Waals surface area contributed by atoms with Crippen molar-refractivity contribution in [2.24, 2.45) is 0 Å². The number of carbonyl (C=O) groups is 1. The van der Waals surface area contributed by atoms with Crippen molar-refractivity contribution in [3.05, 3.63) is 71.7 Å². The molecule has 1 aromatic heterocycles. The van der Waals surface area contributed by atoms with Gasteiger partial charge in [0.1, 0.15) is 5.69 Å². The minimum atomic E-state index is -1.18. The van der Waals surface area contributed by atoms with Gasteiger partial charge in [-0.25, -0.2) is 9.18 Å². The van der Waals surface area contributed by atoms with Crippen LogP contribution in [0, 0.1) is 5.82 Å². The van der Waals surface area contributed by atoms with Gasteiger partial charge in [-0.05, 0) is 24.1 Å². The van der Waals surface area contributed by atoms with Crippen molar-refractivity contribution in [3.8, 4) is 5.69 Å². The summed E-state index contributed by atoms with van der Waals surface area (Å²) in [5, 5.41) is 17.8. The summed E-state index contributed by atoms with van der Waals surface area (Å²) >= 11 is 0. The second-order valence-corrected chi connectivity index (χ2v) is 6.26. The number of benzene rings is 2. The molecule has 2 heterocycles. The van der Waals surface area contributed by atoms with Crippen LogP contribution in [0.15, 0.2) is 54.6 Å². The largest absolute Gasteiger partial charge is 0.476 e. The number of carboxylic acids is 1. The molecule has 0 spiro atoms. The van der Waals surface area contributed by atoms with E-state index in [-0.39, 0.29) is 17.2 Å². The number of aromatic carboxylic acids is 1. The molecule has 26 heavy (non-hydrogen) atoms. The molecule has 0 amide bonds. The summed E-state index contributed by atoms with van der Waals surface area (Å²) in [5.41, 5.74) is 1.18. The van der Waals surface area contributed by atoms with Crippen LogP contribution < -0.4 is 4.90 Å². The predicted octanol–water partition coefficient (Wildman–Crippen LogP) is 3.10. The number of nitrogens with zero attached hydrogens (tertiary/aromatic N) is 4. The lowest BCUT2D eigenvalue weighted by Crippen LogP contribution is -2.22. The van der Waals surface area contributed by atoms with Crippen LogP contribution in [0.1, 0.15) is 28.4 Å². The Morgan fingerprint density at radius 3 is 2.54 bits per heavy atom. The van der Waals surface area contributed by atoms with E-state index in [1.165, 1.54) is 17.7 Å². The Labute approximate surface area is 149 Å². The quantitative estimate of drug-likeness (QED) is 0.781. The number of hydrogen-bond acceptors (Lipinski definition) is 4. The van der Waals surface area contributed by atoms with Crippen molar-refractivity contribution >= 4 is 11.8 Å². The summed E-state index contributed by atoms with van der Waals surface area (Å²) in [4.78, 5) is 14.6. The molecule has 0 saturated carbocycles. The minimum absolute atomic E-state index is 0.125. The van der Waals surface area contributed by atoms with Gasteiger partial charge >= 0.3 is 5.97 Å². The van der Waals surface area contributed by atoms with Crippen LogP contribution in [-0.4, -0.2) is 39.2 Å². The van der Waals surface area contributed by atoms with Crippen LogP contribution in [-0.2, 0) is 0 Å². The van der Waals surface area contributed by atoms with Crippen molar-refractivity contribution in [1.29, 1.82) is 0 Å². The first kappa shape index (κ1) is 16.3. The third-order valence-corrected chi connectivity index (χ3v) is 4.63. The fourth-order valence-electron chi connectivity index (χ4n) is 3.32. The van der Waals surface area contributed by atoms with Crippen LogP contribution in [0.2, 0.25) is 0 Å². The number of carboxylic acid groups (broad SMARTS) is 1. The second-order valence-electron chi connectivity index (χ2n) is 6.26. The summed E-state index contributed by atoms with van der Waals surface area (Å²) in [6, 6.07) is 16.1. The fourth-order valence-corrected chi connectivity index (χ4v) is 3.32. The van der Waals surface area contributed by atoms with Crippen LogP contribution in [0.5, 0.6) is 0 Å². The van der Waals surface area contributed by atoms with E-state index in [0.29, 0.717) is 19.0 Å². The monoisotopic (exact) mass is 352 g/mol. The summed E-state index contributed by atoms with van der Waals surface area (Å²) in [6.07, 6.45) is 0.898. The average Bonchev–Trinajstić information content (AvgIpc) is 3.30. The average molecular weight is 352 g/mol. The van der Waals surface area contributed by atoms with Crippen molar-refractivity contribution in [3.63, 3.8) is 0 Å². The fraction of sp³-hybridized carbons (Fsp3) is 0.211. The van der Waals surface area contributed by atoms with Gasteiger partial charge in [0.2, 0.25) is 5.69 Å². The summed E-state index contributed by atoms with van der Waals surface area (Å²) < 4.78 is 14.0. The maximum atomic E-state index is 14.0. The van der Waals surface area contributed by atoms with E-state index in [1.54, 1.807) is 12.1 Å². The standard InChI is InChI=1S/C19H17FN4O2/c20-15-8-4-5-9-16(15)24-21-17(19(25)26)18(22-24)23-11-10-14(12-23)13-6-2-1-3-7-13/h1-9,14H,10-12H2,(H,25,26)/t14-/m1/s1. The first-order valence-electron chi connectivity index (χ1n) is 8.39. The molecule has 7 heteroatoms. The van der Waals surface area contributed by atoms with Gasteiger partial charge in [0, 0.05) is 19.0 Å². The Kier molecular flexibility index (Phi) is 4.12. The molecular formula is C19H17FN4O2. The lowest BCUT2D eigenvalue weighted by molar-refractivity contribution is 0.0690. The van der Waals surface area contributed by atoms with Gasteiger partial charge < -0.3 is 10.0 Å². The van der Waals surface area contributed by atoms with E-state index in [0.717, 1.165) is 11.2 Å². The zero-order chi connectivity index (χ0) is 18.1. The van der Waals surface area contributed by atoms with Crippen molar-refractivity contribution in [2.45, 2.75) is 12.3 Å². The molecule has 4 rings (SSSR count). The molecule has 1 saturated heterocycles. The number of hydrogen-bond donors (Lipinski definition) is 1. The van der Waals surface area contributed by atoms with Gasteiger partial charge in [-0.1, -0.05) is 42.5 Å². The lowest BCUT2D eigenvalue weighted by Gasteiger charge is -2.16. The highest BCUT2D eigenvalue weighted by Gasteiger charge is 2.30. The highest BCUT2D eigenvalue weighted by molar-refractivity contribution is 5.91. The number of aromatic nitrogens is 3. The number of para-hydroxylation sites is 1. The molecule has 0 bridgehead atoms. The van der Waals surface area contributed by atoms with Gasteiger partial charge in [0.15, 0.2) is 11.6 Å². The van der Waals surface area contributed by atoms with Crippen LogP contribution in [0.4, 0.5) is 10.2 Å². The van der Waals surface area contributed by atoms with Crippen LogP contribution in [0.25, 0.3) is 5.69 Å². The Balaban J connectivity index is 1.66. The lowest BCUT2D eigenvalue weighted by atomic mass is 9.99. The predicted molar refractivity (Wildman–Crippen MR) is 94.3 cm³/mol. The van der Waals surface area contributed by atoms with Crippen LogP contribution in [0.3, 0.4) is 0 Å². The van der Waals surface area contributed by atoms with Crippen molar-refractivity contribution in [2.75, 3.05) is 18.0 Å². The van der Waals surface area contributed by atoms with Gasteiger partial charge in [0.05, 0.1) is 0 Å². The molecule has 132 valence electrons. The number of rotatable bonds is 4. The summed E-state index contributed by atoms with van der Waals surface area (Å²) in [6.45, 7) is 1.33. The first-order chi connectivity index (χ1) is 12.6. The molecule has 2 aromatic carbocycles. The second kappa shape index (κ2) is 6.59. The van der Waals surface area contributed by atoms with E-state index in [2.05, 4.69) is 22.3 Å². The third kappa shape index (κ3) is 2.92. The molecule has 1 N–H and O–H groups in total. The molecule has 0 radical (unpaired) electrons. The molecule has 1 fully saturated rings. The maximum Gasteiger partial charge on any atom is 0.360 e. The van der Waals surface area contributed by atoms with E-state index >= 15 is 0 Å². The number of anilines is 1. The highest BCUT2D eigenvalue weighted by Crippen LogP contribution is 2.31. The van der Waals surface area contributed by atoms with Crippen molar-refractivity contribution in [1.82, 2.24) is 15.0 Å². The van der Waals surface area contributed by atoms with Crippen molar-refractivity contribution < 1.29 is 14.3 Å². The smallest absolute Gasteiger partial charge is 0.360 e. The highest BCUT2D eigenvalue weighted by atomic mass is 19.1. The Bertz CT molecular complexity index is 942. The zero-order valence-electron chi connectivity index (χ0n) is 13.9. The van der Waals surface area contributed by atoms with E-state index < -0.39 is 11.8 Å². The first-order valence-corrected chi connectivity index (χ1v) is 8.39. The topological polar surface area (TPSA) is 71.2 Å². The maximum absolute atomic E-state index is 14.0. The summed E-state index contributed by atoms with van der Waals surface area (Å²) in [5.74, 6) is -1.10. The molecule has 0 aliphatic carbocycles. The molecule has 1 atom stereocenters. The van der Waals surface area contributed by atoms with Gasteiger partial charge in [-0.2, -0.15) is 0 Å². The Morgan fingerprint density at radius 2 is 1.81 bits per heavy atom.